The molecular weight excluding hydrogens is 729 g/mol. The van der Waals surface area contributed by atoms with Gasteiger partial charge < -0.3 is 9.47 Å². The second-order valence-corrected chi connectivity index (χ2v) is 19.3. The Morgan fingerprint density at radius 2 is 0.825 bits per heavy atom. The number of benzene rings is 7. The molecule has 2 unspecified atom stereocenters. The topological polar surface area (TPSA) is 18.5 Å². The normalized spacial score (nSPS) is 18.0. The van der Waals surface area contributed by atoms with Crippen LogP contribution in [-0.4, -0.2) is 40.1 Å². The molecule has 1 aliphatic rings. The van der Waals surface area contributed by atoms with Gasteiger partial charge in [-0.05, 0) is 90.3 Å². The van der Waals surface area contributed by atoms with Crippen molar-refractivity contribution in [2.45, 2.75) is 30.2 Å². The Morgan fingerprint density at radius 3 is 1.19 bits per heavy atom. The molecule has 7 aromatic rings. The van der Waals surface area contributed by atoms with Gasteiger partial charge in [-0.2, -0.15) is 0 Å². The fourth-order valence-corrected chi connectivity index (χ4v) is 15.1. The summed E-state index contributed by atoms with van der Waals surface area (Å²) in [5.74, 6) is 0.709. The van der Waals surface area contributed by atoms with Crippen molar-refractivity contribution in [2.24, 2.45) is 11.8 Å². The van der Waals surface area contributed by atoms with Gasteiger partial charge in [-0.1, -0.05) is 212 Å². The molecule has 8 rings (SSSR count). The number of hydrogen-bond acceptors (Lipinski definition) is 2. The third kappa shape index (κ3) is 8.94. The molecule has 283 valence electrons. The summed E-state index contributed by atoms with van der Waals surface area (Å²) in [4.78, 5) is 0. The van der Waals surface area contributed by atoms with E-state index in [0.29, 0.717) is 24.1 Å². The zero-order chi connectivity index (χ0) is 38.0. The van der Waals surface area contributed by atoms with Crippen LogP contribution >= 0.6 is 15.8 Å². The molecule has 2 nitrogen and oxygen atoms in total. The average molecular weight is 780 g/mol. The zero-order valence-electron chi connectivity index (χ0n) is 32.6. The van der Waals surface area contributed by atoms with Crippen molar-refractivity contribution in [1.82, 2.24) is 0 Å². The Kier molecular flexibility index (Phi) is 14.0. The van der Waals surface area contributed by atoms with Gasteiger partial charge in [0.25, 0.3) is 0 Å². The van der Waals surface area contributed by atoms with Crippen molar-refractivity contribution in [1.29, 1.82) is 0 Å². The zero-order valence-corrected chi connectivity index (χ0v) is 34.4. The molecule has 0 bridgehead atoms. The van der Waals surface area contributed by atoms with E-state index in [1.807, 2.05) is 7.11 Å². The van der Waals surface area contributed by atoms with Crippen molar-refractivity contribution in [3.05, 3.63) is 229 Å². The summed E-state index contributed by atoms with van der Waals surface area (Å²) in [5.41, 5.74) is 3.07. The lowest BCUT2D eigenvalue weighted by Crippen LogP contribution is -2.35. The minimum Gasteiger partial charge on any atom is -0.381 e. The van der Waals surface area contributed by atoms with E-state index in [4.69, 9.17) is 9.47 Å². The van der Waals surface area contributed by atoms with Crippen LogP contribution in [-0.2, 0) is 15.1 Å². The number of rotatable bonds is 15. The van der Waals surface area contributed by atoms with E-state index in [9.17, 15) is 0 Å². The van der Waals surface area contributed by atoms with Crippen molar-refractivity contribution < 1.29 is 9.47 Å². The first-order valence-electron chi connectivity index (χ1n) is 19.9. The minimum atomic E-state index is -0.763. The second-order valence-electron chi connectivity index (χ2n) is 14.6. The Morgan fingerprint density at radius 1 is 0.474 bits per heavy atom. The molecule has 7 aromatic carbocycles. The maximum atomic E-state index is 7.49. The minimum absolute atomic E-state index is 0. The van der Waals surface area contributed by atoms with E-state index in [1.165, 1.54) is 21.2 Å². The summed E-state index contributed by atoms with van der Waals surface area (Å²) in [5, 5.41) is 5.75. The fourth-order valence-electron chi connectivity index (χ4n) is 8.99. The molecule has 1 aliphatic carbocycles. The van der Waals surface area contributed by atoms with Crippen LogP contribution in [0.15, 0.2) is 212 Å². The smallest absolute Gasteiger partial charge is 0.143 e. The summed E-state index contributed by atoms with van der Waals surface area (Å²) in [6.45, 7) is 0.593. The first kappa shape index (κ1) is 40.6. The number of ether oxygens (including phenoxy) is 2. The van der Waals surface area contributed by atoms with Gasteiger partial charge in [0, 0.05) is 22.1 Å². The molecule has 0 aromatic heterocycles. The van der Waals surface area contributed by atoms with E-state index >= 15 is 0 Å². The molecule has 0 aliphatic heterocycles. The van der Waals surface area contributed by atoms with E-state index in [2.05, 4.69) is 212 Å². The van der Waals surface area contributed by atoms with E-state index in [1.54, 1.807) is 0 Å². The Labute approximate surface area is 344 Å². The van der Waals surface area contributed by atoms with Gasteiger partial charge in [0.2, 0.25) is 0 Å². The van der Waals surface area contributed by atoms with Gasteiger partial charge in [-0.3, -0.25) is 0 Å². The predicted molar refractivity (Wildman–Crippen MR) is 245 cm³/mol. The monoisotopic (exact) mass is 779 g/mol. The van der Waals surface area contributed by atoms with Crippen molar-refractivity contribution in [3.8, 4) is 0 Å². The van der Waals surface area contributed by atoms with Gasteiger partial charge in [0.05, 0.1) is 6.10 Å². The second kappa shape index (κ2) is 19.7. The van der Waals surface area contributed by atoms with Crippen LogP contribution in [0, 0.1) is 11.8 Å². The van der Waals surface area contributed by atoms with Gasteiger partial charge in [0.1, 0.15) is 5.60 Å². The molecule has 1 fully saturated rings. The van der Waals surface area contributed by atoms with Crippen LogP contribution < -0.4 is 21.2 Å². The Balaban J connectivity index is 0.00000496. The quantitative estimate of drug-likeness (QED) is 0.0586. The van der Waals surface area contributed by atoms with Gasteiger partial charge >= 0.3 is 0 Å². The SMILES string of the molecule is COC1C[C@H](P(c2ccccc2)c2ccccc2)[C@@H](CP(c2ccccc2)c2ccccc2)C1CCOC(c1ccccc1)(c1ccccc1)c1ccccc1.[B]. The summed E-state index contributed by atoms with van der Waals surface area (Å²) in [6.07, 6.45) is 3.13. The van der Waals surface area contributed by atoms with Crippen LogP contribution in [0.25, 0.3) is 0 Å². The molecule has 0 heterocycles. The third-order valence-corrected chi connectivity index (χ3v) is 17.1. The van der Waals surface area contributed by atoms with Gasteiger partial charge in [0.15, 0.2) is 0 Å². The molecule has 1 saturated carbocycles. The summed E-state index contributed by atoms with van der Waals surface area (Å²) in [6, 6.07) is 77.4. The lowest BCUT2D eigenvalue weighted by atomic mass is 9.80. The van der Waals surface area contributed by atoms with Crippen LogP contribution in [0.3, 0.4) is 0 Å². The lowest BCUT2D eigenvalue weighted by molar-refractivity contribution is -0.0120. The van der Waals surface area contributed by atoms with Crippen LogP contribution in [0.4, 0.5) is 0 Å². The summed E-state index contributed by atoms with van der Waals surface area (Å²) in [7, 11) is 0.626. The van der Waals surface area contributed by atoms with Gasteiger partial charge in [-0.15, -0.1) is 0 Å². The molecular formula is C52H50BO2P2. The highest BCUT2D eigenvalue weighted by molar-refractivity contribution is 7.74. The highest BCUT2D eigenvalue weighted by Crippen LogP contribution is 2.57. The van der Waals surface area contributed by atoms with E-state index < -0.39 is 21.4 Å². The molecule has 57 heavy (non-hydrogen) atoms. The van der Waals surface area contributed by atoms with Crippen molar-refractivity contribution in [3.63, 3.8) is 0 Å². The third-order valence-electron chi connectivity index (χ3n) is 11.5. The highest BCUT2D eigenvalue weighted by Gasteiger charge is 2.48. The van der Waals surface area contributed by atoms with Crippen molar-refractivity contribution in [2.75, 3.05) is 19.9 Å². The van der Waals surface area contributed by atoms with Crippen LogP contribution in [0.5, 0.6) is 0 Å². The Bertz CT molecular complexity index is 2020. The maximum Gasteiger partial charge on any atom is 0.143 e. The van der Waals surface area contributed by atoms with E-state index in [-0.39, 0.29) is 14.5 Å². The maximum absolute atomic E-state index is 7.49. The predicted octanol–water partition coefficient (Wildman–Crippen LogP) is 10.3. The first-order chi connectivity index (χ1) is 27.8. The largest absolute Gasteiger partial charge is 0.381 e. The average Bonchev–Trinajstić information content (AvgIpc) is 3.62. The number of hydrogen-bond donors (Lipinski definition) is 0. The molecule has 0 N–H and O–H groups in total. The number of methoxy groups -OCH3 is 1. The fraction of sp³-hybridized carbons (Fsp3) is 0.192. The lowest BCUT2D eigenvalue weighted by Gasteiger charge is -2.38. The molecule has 3 radical (unpaired) electrons. The standard InChI is InChI=1S/C52H50O2P2.B/c1-53-50-39-51(56(46-33-19-7-20-34-46)47-35-21-8-22-36-47)49(40-55(44-29-15-5-16-30-44)45-31-17-6-18-32-45)48(50)37-38-54-52(41-23-9-2-10-24-41,42-25-11-3-12-26-42)43-27-13-4-14-28-43;/h2-36,48-51H,37-40H2,1H3;/t48?,49-,50?,51-;/m0./s1. The van der Waals surface area contributed by atoms with E-state index in [0.717, 1.165) is 35.7 Å². The van der Waals surface area contributed by atoms with Crippen molar-refractivity contribution >= 4 is 45.5 Å². The molecule has 0 spiro atoms. The highest BCUT2D eigenvalue weighted by atomic mass is 31.1. The molecule has 5 heteroatoms. The summed E-state index contributed by atoms with van der Waals surface area (Å²) >= 11 is 0. The molecule has 4 atom stereocenters. The Hall–Kier alpha value is -4.62. The molecule has 0 amide bonds. The summed E-state index contributed by atoms with van der Waals surface area (Å²) < 4.78 is 14.1. The van der Waals surface area contributed by atoms with Crippen LogP contribution in [0.1, 0.15) is 29.5 Å². The molecule has 0 saturated heterocycles. The van der Waals surface area contributed by atoms with Gasteiger partial charge in [-0.25, -0.2) is 0 Å². The first-order valence-corrected chi connectivity index (χ1v) is 22.8. The van der Waals surface area contributed by atoms with Crippen LogP contribution in [0.2, 0.25) is 0 Å².